The van der Waals surface area contributed by atoms with Gasteiger partial charge in [-0.1, -0.05) is 15.9 Å². The molecule has 0 amide bonds. The summed E-state index contributed by atoms with van der Waals surface area (Å²) in [5.41, 5.74) is 2.81. The highest BCUT2D eigenvalue weighted by Gasteiger charge is 2.22. The SMILES string of the molecule is Brc1ccc(N2CCOCC2)c(C2CCCN2)c1. The molecule has 4 heteroatoms. The van der Waals surface area contributed by atoms with Gasteiger partial charge >= 0.3 is 0 Å². The van der Waals surface area contributed by atoms with Crippen molar-refractivity contribution in [2.45, 2.75) is 18.9 Å². The zero-order valence-electron chi connectivity index (χ0n) is 10.5. The van der Waals surface area contributed by atoms with Gasteiger partial charge in [-0.15, -0.1) is 0 Å². The van der Waals surface area contributed by atoms with Crippen molar-refractivity contribution in [3.05, 3.63) is 28.2 Å². The van der Waals surface area contributed by atoms with E-state index < -0.39 is 0 Å². The fourth-order valence-electron chi connectivity index (χ4n) is 2.85. The van der Waals surface area contributed by atoms with Crippen LogP contribution in [0.1, 0.15) is 24.4 Å². The lowest BCUT2D eigenvalue weighted by molar-refractivity contribution is 0.122. The number of anilines is 1. The maximum atomic E-state index is 5.44. The molecule has 0 bridgehead atoms. The van der Waals surface area contributed by atoms with Gasteiger partial charge < -0.3 is 15.0 Å². The van der Waals surface area contributed by atoms with E-state index >= 15 is 0 Å². The van der Waals surface area contributed by atoms with Crippen molar-refractivity contribution in [3.63, 3.8) is 0 Å². The van der Waals surface area contributed by atoms with E-state index in [1.54, 1.807) is 0 Å². The summed E-state index contributed by atoms with van der Waals surface area (Å²) in [4.78, 5) is 2.45. The van der Waals surface area contributed by atoms with Crippen molar-refractivity contribution < 1.29 is 4.74 Å². The average Bonchev–Trinajstić information content (AvgIpc) is 2.93. The molecule has 18 heavy (non-hydrogen) atoms. The molecule has 3 nitrogen and oxygen atoms in total. The summed E-state index contributed by atoms with van der Waals surface area (Å²) in [6.07, 6.45) is 2.52. The Hall–Kier alpha value is -0.580. The summed E-state index contributed by atoms with van der Waals surface area (Å²) < 4.78 is 6.61. The van der Waals surface area contributed by atoms with E-state index in [0.717, 1.165) is 32.8 Å². The first-order chi connectivity index (χ1) is 8.84. The number of morpholine rings is 1. The second-order valence-electron chi connectivity index (χ2n) is 4.95. The Morgan fingerprint density at radius 3 is 2.83 bits per heavy atom. The second-order valence-corrected chi connectivity index (χ2v) is 5.87. The van der Waals surface area contributed by atoms with Crippen molar-refractivity contribution in [2.24, 2.45) is 0 Å². The molecule has 1 atom stereocenters. The molecule has 2 fully saturated rings. The molecule has 1 unspecified atom stereocenters. The van der Waals surface area contributed by atoms with E-state index in [1.165, 1.54) is 28.6 Å². The van der Waals surface area contributed by atoms with Gasteiger partial charge in [0, 0.05) is 29.3 Å². The summed E-state index contributed by atoms with van der Waals surface area (Å²) in [6.45, 7) is 4.82. The molecule has 2 heterocycles. The molecule has 0 radical (unpaired) electrons. The topological polar surface area (TPSA) is 24.5 Å². The lowest BCUT2D eigenvalue weighted by atomic mass is 10.0. The van der Waals surface area contributed by atoms with Gasteiger partial charge in [-0.05, 0) is 43.1 Å². The highest BCUT2D eigenvalue weighted by atomic mass is 79.9. The summed E-state index contributed by atoms with van der Waals surface area (Å²) in [5, 5.41) is 3.60. The minimum absolute atomic E-state index is 0.514. The van der Waals surface area contributed by atoms with Crippen LogP contribution in [-0.2, 0) is 4.74 Å². The minimum atomic E-state index is 0.514. The molecule has 2 saturated heterocycles. The van der Waals surface area contributed by atoms with Gasteiger partial charge in [-0.2, -0.15) is 0 Å². The number of halogens is 1. The van der Waals surface area contributed by atoms with Crippen LogP contribution in [0.3, 0.4) is 0 Å². The Kier molecular flexibility index (Phi) is 3.87. The molecule has 0 saturated carbocycles. The summed E-state index contributed by atoms with van der Waals surface area (Å²) in [7, 11) is 0. The summed E-state index contributed by atoms with van der Waals surface area (Å²) in [5.74, 6) is 0. The number of nitrogens with one attached hydrogen (secondary N) is 1. The van der Waals surface area contributed by atoms with Crippen molar-refractivity contribution in [2.75, 3.05) is 37.7 Å². The van der Waals surface area contributed by atoms with Gasteiger partial charge in [-0.25, -0.2) is 0 Å². The predicted octanol–water partition coefficient (Wildman–Crippen LogP) is 2.71. The highest BCUT2D eigenvalue weighted by Crippen LogP contribution is 2.34. The standard InChI is InChI=1S/C14H19BrN2O/c15-11-3-4-14(17-6-8-18-9-7-17)12(10-11)13-2-1-5-16-13/h3-4,10,13,16H,1-2,5-9H2. The molecule has 0 aliphatic carbocycles. The third-order valence-electron chi connectivity index (χ3n) is 3.78. The molecule has 3 rings (SSSR count). The van der Waals surface area contributed by atoms with E-state index in [9.17, 15) is 0 Å². The second kappa shape index (κ2) is 5.59. The van der Waals surface area contributed by atoms with Crippen LogP contribution in [0.15, 0.2) is 22.7 Å². The summed E-state index contributed by atoms with van der Waals surface area (Å²) >= 11 is 3.60. The molecule has 0 aromatic heterocycles. The Bertz CT molecular complexity index is 412. The Balaban J connectivity index is 1.91. The van der Waals surface area contributed by atoms with Crippen LogP contribution in [0.5, 0.6) is 0 Å². The third-order valence-corrected chi connectivity index (χ3v) is 4.27. The van der Waals surface area contributed by atoms with Crippen LogP contribution in [0, 0.1) is 0 Å². The Morgan fingerprint density at radius 2 is 2.11 bits per heavy atom. The van der Waals surface area contributed by atoms with E-state index in [1.807, 2.05) is 0 Å². The fourth-order valence-corrected chi connectivity index (χ4v) is 3.23. The van der Waals surface area contributed by atoms with Crippen LogP contribution in [0.4, 0.5) is 5.69 Å². The molecular formula is C14H19BrN2O. The van der Waals surface area contributed by atoms with Crippen molar-refractivity contribution in [3.8, 4) is 0 Å². The lowest BCUT2D eigenvalue weighted by Crippen LogP contribution is -2.37. The van der Waals surface area contributed by atoms with Crippen LogP contribution in [0.2, 0.25) is 0 Å². The van der Waals surface area contributed by atoms with Crippen molar-refractivity contribution >= 4 is 21.6 Å². The maximum absolute atomic E-state index is 5.44. The number of rotatable bonds is 2. The molecule has 1 aromatic rings. The molecule has 1 N–H and O–H groups in total. The summed E-state index contributed by atoms with van der Waals surface area (Å²) in [6, 6.07) is 7.17. The number of ether oxygens (including phenoxy) is 1. The van der Waals surface area contributed by atoms with Gasteiger partial charge in [-0.3, -0.25) is 0 Å². The molecule has 2 aliphatic heterocycles. The van der Waals surface area contributed by atoms with E-state index in [4.69, 9.17) is 4.74 Å². The van der Waals surface area contributed by atoms with Crippen LogP contribution < -0.4 is 10.2 Å². The number of benzene rings is 1. The third kappa shape index (κ3) is 2.56. The number of hydrogen-bond donors (Lipinski definition) is 1. The highest BCUT2D eigenvalue weighted by molar-refractivity contribution is 9.10. The molecule has 0 spiro atoms. The van der Waals surface area contributed by atoms with Crippen LogP contribution in [0.25, 0.3) is 0 Å². The normalized spacial score (nSPS) is 24.5. The van der Waals surface area contributed by atoms with Crippen molar-refractivity contribution in [1.29, 1.82) is 0 Å². The minimum Gasteiger partial charge on any atom is -0.378 e. The predicted molar refractivity (Wildman–Crippen MR) is 77.2 cm³/mol. The fraction of sp³-hybridized carbons (Fsp3) is 0.571. The first kappa shape index (κ1) is 12.5. The van der Waals surface area contributed by atoms with Gasteiger partial charge in [0.25, 0.3) is 0 Å². The van der Waals surface area contributed by atoms with E-state index in [2.05, 4.69) is 44.3 Å². The van der Waals surface area contributed by atoms with Crippen LogP contribution in [-0.4, -0.2) is 32.8 Å². The zero-order valence-corrected chi connectivity index (χ0v) is 12.1. The quantitative estimate of drug-likeness (QED) is 0.909. The lowest BCUT2D eigenvalue weighted by Gasteiger charge is -2.32. The molecule has 1 aromatic carbocycles. The zero-order chi connectivity index (χ0) is 12.4. The van der Waals surface area contributed by atoms with Gasteiger partial charge in [0.1, 0.15) is 0 Å². The molecule has 2 aliphatic rings. The number of hydrogen-bond acceptors (Lipinski definition) is 3. The first-order valence-electron chi connectivity index (χ1n) is 6.70. The molecular weight excluding hydrogens is 292 g/mol. The molecule has 98 valence electrons. The largest absolute Gasteiger partial charge is 0.378 e. The maximum Gasteiger partial charge on any atom is 0.0642 e. The first-order valence-corrected chi connectivity index (χ1v) is 7.49. The van der Waals surface area contributed by atoms with Gasteiger partial charge in [0.2, 0.25) is 0 Å². The van der Waals surface area contributed by atoms with E-state index in [-0.39, 0.29) is 0 Å². The Labute approximate surface area is 117 Å². The average molecular weight is 311 g/mol. The van der Waals surface area contributed by atoms with Gasteiger partial charge in [0.05, 0.1) is 13.2 Å². The smallest absolute Gasteiger partial charge is 0.0642 e. The van der Waals surface area contributed by atoms with Crippen molar-refractivity contribution in [1.82, 2.24) is 5.32 Å². The van der Waals surface area contributed by atoms with E-state index in [0.29, 0.717) is 6.04 Å². The monoisotopic (exact) mass is 310 g/mol. The van der Waals surface area contributed by atoms with Gasteiger partial charge in [0.15, 0.2) is 0 Å². The Morgan fingerprint density at radius 1 is 1.28 bits per heavy atom. The number of nitrogens with zero attached hydrogens (tertiary/aromatic N) is 1. The van der Waals surface area contributed by atoms with Crippen LogP contribution >= 0.6 is 15.9 Å².